The van der Waals surface area contributed by atoms with E-state index < -0.39 is 12.0 Å². The van der Waals surface area contributed by atoms with E-state index in [0.717, 1.165) is 16.0 Å². The van der Waals surface area contributed by atoms with Crippen molar-refractivity contribution in [3.63, 3.8) is 0 Å². The summed E-state index contributed by atoms with van der Waals surface area (Å²) in [6, 6.07) is 13.8. The number of hydrogen-bond acceptors (Lipinski definition) is 4. The van der Waals surface area contributed by atoms with Gasteiger partial charge in [-0.1, -0.05) is 53.5 Å². The molecule has 8 heteroatoms. The molecule has 0 spiro atoms. The molecule has 150 valence electrons. The normalized spacial score (nSPS) is 10.5. The summed E-state index contributed by atoms with van der Waals surface area (Å²) >= 11 is 13.2. The van der Waals surface area contributed by atoms with Crippen LogP contribution in [0.15, 0.2) is 48.5 Å². The molecule has 2 amide bonds. The zero-order chi connectivity index (χ0) is 21.0. The summed E-state index contributed by atoms with van der Waals surface area (Å²) in [7, 11) is 0. The van der Waals surface area contributed by atoms with Gasteiger partial charge in [0.15, 0.2) is 0 Å². The lowest BCUT2D eigenvalue weighted by molar-refractivity contribution is 0.0529. The van der Waals surface area contributed by atoms with Crippen LogP contribution in [0.5, 0.6) is 0 Å². The molecule has 0 unspecified atom stereocenters. The number of nitrogens with one attached hydrogen (secondary N) is 2. The molecule has 0 aliphatic rings. The summed E-state index contributed by atoms with van der Waals surface area (Å²) in [6.07, 6.45) is 0. The summed E-state index contributed by atoms with van der Waals surface area (Å²) in [5, 5.41) is 6.58. The molecular weight excluding hydrogens is 431 g/mol. The van der Waals surface area contributed by atoms with E-state index >= 15 is 0 Å². The lowest BCUT2D eigenvalue weighted by Gasteiger charge is -2.10. The van der Waals surface area contributed by atoms with Crippen LogP contribution >= 0.6 is 34.5 Å². The molecule has 0 aliphatic carbocycles. The summed E-state index contributed by atoms with van der Waals surface area (Å²) < 4.78 is 5.24. The average Bonchev–Trinajstić information content (AvgIpc) is 3.01. The molecule has 0 saturated heterocycles. The van der Waals surface area contributed by atoms with Crippen molar-refractivity contribution in [2.24, 2.45) is 0 Å². The van der Waals surface area contributed by atoms with E-state index in [1.807, 2.05) is 37.3 Å². The van der Waals surface area contributed by atoms with Crippen LogP contribution < -0.4 is 10.6 Å². The number of carbonyl (C=O) groups is 2. The van der Waals surface area contributed by atoms with Gasteiger partial charge >= 0.3 is 12.0 Å². The van der Waals surface area contributed by atoms with Crippen molar-refractivity contribution in [3.8, 4) is 11.1 Å². The van der Waals surface area contributed by atoms with E-state index in [2.05, 4.69) is 10.6 Å². The molecule has 0 fully saturated rings. The highest BCUT2D eigenvalue weighted by atomic mass is 35.5. The standard InChI is InChI=1S/C21H18Cl2N2O3S/c1-3-28-20(26)18-17(13-7-5-4-6-8-13)12(2)29-19(18)25-21(27)24-14-9-10-15(22)16(23)11-14/h4-11H,3H2,1-2H3,(H2,24,25,27). The van der Waals surface area contributed by atoms with Crippen LogP contribution in [0.25, 0.3) is 11.1 Å². The maximum absolute atomic E-state index is 12.7. The van der Waals surface area contributed by atoms with Crippen molar-refractivity contribution in [2.45, 2.75) is 13.8 Å². The number of hydrogen-bond donors (Lipinski definition) is 2. The van der Waals surface area contributed by atoms with Gasteiger partial charge in [-0.25, -0.2) is 9.59 Å². The Hall–Kier alpha value is -2.54. The minimum absolute atomic E-state index is 0.233. The van der Waals surface area contributed by atoms with Gasteiger partial charge in [-0.3, -0.25) is 5.32 Å². The van der Waals surface area contributed by atoms with Gasteiger partial charge in [-0.05, 0) is 37.6 Å². The number of anilines is 2. The molecule has 29 heavy (non-hydrogen) atoms. The number of esters is 1. The van der Waals surface area contributed by atoms with Gasteiger partial charge in [0.2, 0.25) is 0 Å². The van der Waals surface area contributed by atoms with Gasteiger partial charge in [-0.15, -0.1) is 11.3 Å². The summed E-state index contributed by atoms with van der Waals surface area (Å²) in [5.41, 5.74) is 2.44. The fraction of sp³-hybridized carbons (Fsp3) is 0.143. The maximum Gasteiger partial charge on any atom is 0.341 e. The Morgan fingerprint density at radius 1 is 1.03 bits per heavy atom. The van der Waals surface area contributed by atoms with Crippen LogP contribution in [-0.2, 0) is 4.74 Å². The minimum Gasteiger partial charge on any atom is -0.462 e. The molecule has 0 aliphatic heterocycles. The zero-order valence-corrected chi connectivity index (χ0v) is 18.0. The van der Waals surface area contributed by atoms with Gasteiger partial charge in [0, 0.05) is 16.1 Å². The van der Waals surface area contributed by atoms with Gasteiger partial charge in [0.05, 0.1) is 16.7 Å². The molecular formula is C21H18Cl2N2O3S. The van der Waals surface area contributed by atoms with Crippen molar-refractivity contribution in [2.75, 3.05) is 17.2 Å². The van der Waals surface area contributed by atoms with Crippen LogP contribution in [0.1, 0.15) is 22.2 Å². The highest BCUT2D eigenvalue weighted by molar-refractivity contribution is 7.17. The monoisotopic (exact) mass is 448 g/mol. The number of halogens is 2. The third-order valence-corrected chi connectivity index (χ3v) is 5.79. The Balaban J connectivity index is 1.93. The van der Waals surface area contributed by atoms with E-state index in [9.17, 15) is 9.59 Å². The molecule has 5 nitrogen and oxygen atoms in total. The maximum atomic E-state index is 12.7. The van der Waals surface area contributed by atoms with E-state index in [0.29, 0.717) is 26.3 Å². The number of amides is 2. The minimum atomic E-state index is -0.505. The van der Waals surface area contributed by atoms with Crippen molar-refractivity contribution in [1.29, 1.82) is 0 Å². The molecule has 1 aromatic heterocycles. The molecule has 3 aromatic rings. The van der Waals surface area contributed by atoms with E-state index in [1.165, 1.54) is 11.3 Å². The van der Waals surface area contributed by atoms with Crippen LogP contribution in [0.2, 0.25) is 10.0 Å². The average molecular weight is 449 g/mol. The first-order chi connectivity index (χ1) is 13.9. The molecule has 2 N–H and O–H groups in total. The first-order valence-corrected chi connectivity index (χ1v) is 10.4. The van der Waals surface area contributed by atoms with Gasteiger partial charge in [-0.2, -0.15) is 0 Å². The number of aryl methyl sites for hydroxylation is 1. The smallest absolute Gasteiger partial charge is 0.341 e. The Labute approximate surface area is 182 Å². The third kappa shape index (κ3) is 4.90. The molecule has 0 bridgehead atoms. The summed E-state index contributed by atoms with van der Waals surface area (Å²) in [5.74, 6) is -0.486. The number of rotatable bonds is 5. The number of thiophene rings is 1. The highest BCUT2D eigenvalue weighted by Gasteiger charge is 2.25. The molecule has 0 radical (unpaired) electrons. The van der Waals surface area contributed by atoms with Crippen LogP contribution in [0, 0.1) is 6.92 Å². The highest BCUT2D eigenvalue weighted by Crippen LogP contribution is 2.40. The molecule has 0 atom stereocenters. The Kier molecular flexibility index (Phi) is 6.79. The predicted molar refractivity (Wildman–Crippen MR) is 120 cm³/mol. The van der Waals surface area contributed by atoms with E-state index in [-0.39, 0.29) is 6.61 Å². The number of carbonyl (C=O) groups excluding carboxylic acids is 2. The fourth-order valence-corrected chi connectivity index (χ4v) is 4.18. The van der Waals surface area contributed by atoms with Gasteiger partial charge < -0.3 is 10.1 Å². The van der Waals surface area contributed by atoms with Crippen LogP contribution in [-0.4, -0.2) is 18.6 Å². The predicted octanol–water partition coefficient (Wildman–Crippen LogP) is 6.85. The second-order valence-corrected chi connectivity index (χ2v) is 8.07. The Morgan fingerprint density at radius 3 is 2.41 bits per heavy atom. The molecule has 1 heterocycles. The van der Waals surface area contributed by atoms with Crippen molar-refractivity contribution in [1.82, 2.24) is 0 Å². The Bertz CT molecular complexity index is 1050. The Morgan fingerprint density at radius 2 is 1.76 bits per heavy atom. The lowest BCUT2D eigenvalue weighted by atomic mass is 10.0. The quantitative estimate of drug-likeness (QED) is 0.419. The second kappa shape index (κ2) is 9.31. The molecule has 2 aromatic carbocycles. The first-order valence-electron chi connectivity index (χ1n) is 8.79. The zero-order valence-electron chi connectivity index (χ0n) is 15.7. The van der Waals surface area contributed by atoms with Gasteiger partial charge in [0.25, 0.3) is 0 Å². The van der Waals surface area contributed by atoms with Gasteiger partial charge in [0.1, 0.15) is 10.6 Å². The van der Waals surface area contributed by atoms with E-state index in [1.54, 1.807) is 25.1 Å². The lowest BCUT2D eigenvalue weighted by Crippen LogP contribution is -2.20. The largest absolute Gasteiger partial charge is 0.462 e. The SMILES string of the molecule is CCOC(=O)c1c(NC(=O)Nc2ccc(Cl)c(Cl)c2)sc(C)c1-c1ccccc1. The summed E-state index contributed by atoms with van der Waals surface area (Å²) in [4.78, 5) is 26.1. The van der Waals surface area contributed by atoms with Crippen molar-refractivity contribution in [3.05, 3.63) is 69.0 Å². The van der Waals surface area contributed by atoms with E-state index in [4.69, 9.17) is 27.9 Å². The second-order valence-electron chi connectivity index (χ2n) is 6.03. The topological polar surface area (TPSA) is 67.4 Å². The van der Waals surface area contributed by atoms with Crippen molar-refractivity contribution < 1.29 is 14.3 Å². The first kappa shape index (κ1) is 21.2. The van der Waals surface area contributed by atoms with Crippen LogP contribution in [0.4, 0.5) is 15.5 Å². The van der Waals surface area contributed by atoms with Crippen LogP contribution in [0.3, 0.4) is 0 Å². The number of urea groups is 1. The third-order valence-electron chi connectivity index (χ3n) is 4.03. The number of ether oxygens (including phenoxy) is 1. The fourth-order valence-electron chi connectivity index (χ4n) is 2.82. The number of benzene rings is 2. The molecule has 0 saturated carbocycles. The molecule has 3 rings (SSSR count). The summed E-state index contributed by atoms with van der Waals surface area (Å²) in [6.45, 7) is 3.87. The van der Waals surface area contributed by atoms with Crippen molar-refractivity contribution >= 4 is 57.2 Å².